The van der Waals surface area contributed by atoms with Crippen LogP contribution in [0, 0.1) is 11.3 Å². The number of likely N-dealkylation sites (tertiary alicyclic amines) is 1. The van der Waals surface area contributed by atoms with Gasteiger partial charge in [-0.25, -0.2) is 0 Å². The molecule has 0 aromatic heterocycles. The minimum absolute atomic E-state index is 0.243. The number of fused-ring (bicyclic) bond motifs is 1. The molecule has 4 rings (SSSR count). The Morgan fingerprint density at radius 1 is 1.21 bits per heavy atom. The third-order valence-electron chi connectivity index (χ3n) is 7.30. The Bertz CT molecular complexity index is 469. The number of carbonyl (C=O) groups is 1. The highest BCUT2D eigenvalue weighted by Gasteiger charge is 2.51. The fourth-order valence-electron chi connectivity index (χ4n) is 5.45. The molecule has 3 saturated heterocycles. The Labute approximate surface area is 145 Å². The summed E-state index contributed by atoms with van der Waals surface area (Å²) in [7, 11) is 0. The molecule has 0 radical (unpaired) electrons. The molecule has 0 bridgehead atoms. The van der Waals surface area contributed by atoms with Crippen molar-refractivity contribution in [2.24, 2.45) is 11.3 Å². The van der Waals surface area contributed by atoms with E-state index in [4.69, 9.17) is 4.74 Å². The van der Waals surface area contributed by atoms with Crippen molar-refractivity contribution in [2.75, 3.05) is 39.4 Å². The van der Waals surface area contributed by atoms with Crippen LogP contribution < -0.4 is 10.6 Å². The minimum atomic E-state index is -0.312. The molecule has 3 aliphatic heterocycles. The lowest BCUT2D eigenvalue weighted by Crippen LogP contribution is -2.56. The lowest BCUT2D eigenvalue weighted by molar-refractivity contribution is -0.142. The topological polar surface area (TPSA) is 53.6 Å². The van der Waals surface area contributed by atoms with E-state index in [-0.39, 0.29) is 11.3 Å². The molecule has 0 aromatic carbocycles. The molecule has 5 heteroatoms. The van der Waals surface area contributed by atoms with Gasteiger partial charge in [-0.1, -0.05) is 0 Å². The van der Waals surface area contributed by atoms with Crippen molar-refractivity contribution >= 4 is 5.91 Å². The van der Waals surface area contributed by atoms with E-state index in [0.29, 0.717) is 24.1 Å². The number of hydrogen-bond acceptors (Lipinski definition) is 4. The van der Waals surface area contributed by atoms with Crippen LogP contribution in [0.4, 0.5) is 0 Å². The molecule has 4 fully saturated rings. The molecule has 1 amide bonds. The van der Waals surface area contributed by atoms with Crippen molar-refractivity contribution < 1.29 is 9.53 Å². The summed E-state index contributed by atoms with van der Waals surface area (Å²) in [5, 5.41) is 6.83. The van der Waals surface area contributed by atoms with E-state index in [1.54, 1.807) is 0 Å². The number of ether oxygens (including phenoxy) is 1. The number of nitrogens with zero attached hydrogens (tertiary/aromatic N) is 1. The fourth-order valence-corrected chi connectivity index (χ4v) is 5.45. The molecule has 1 saturated carbocycles. The van der Waals surface area contributed by atoms with Crippen molar-refractivity contribution in [1.82, 2.24) is 15.5 Å². The number of nitrogens with one attached hydrogen (secondary N) is 2. The molecular weight excluding hydrogens is 302 g/mol. The van der Waals surface area contributed by atoms with Gasteiger partial charge in [0.05, 0.1) is 12.0 Å². The normalized spacial score (nSPS) is 43.5. The molecule has 1 aliphatic carbocycles. The maximum Gasteiger partial charge on any atom is 0.230 e. The smallest absolute Gasteiger partial charge is 0.230 e. The van der Waals surface area contributed by atoms with Gasteiger partial charge in [0.15, 0.2) is 0 Å². The summed E-state index contributed by atoms with van der Waals surface area (Å²) >= 11 is 0. The number of amides is 1. The van der Waals surface area contributed by atoms with Crippen LogP contribution in [0.1, 0.15) is 51.9 Å². The van der Waals surface area contributed by atoms with Gasteiger partial charge in [-0.15, -0.1) is 0 Å². The van der Waals surface area contributed by atoms with E-state index in [2.05, 4.69) is 22.5 Å². The van der Waals surface area contributed by atoms with Gasteiger partial charge in [0.1, 0.15) is 0 Å². The molecule has 0 spiro atoms. The Morgan fingerprint density at radius 3 is 2.71 bits per heavy atom. The maximum absolute atomic E-state index is 13.0. The van der Waals surface area contributed by atoms with Gasteiger partial charge in [0.2, 0.25) is 5.91 Å². The largest absolute Gasteiger partial charge is 0.380 e. The summed E-state index contributed by atoms with van der Waals surface area (Å²) in [6.07, 6.45) is 8.38. The third-order valence-corrected chi connectivity index (χ3v) is 7.30. The zero-order valence-corrected chi connectivity index (χ0v) is 15.1. The summed E-state index contributed by atoms with van der Waals surface area (Å²) in [6, 6.07) is 0.353. The summed E-state index contributed by atoms with van der Waals surface area (Å²) < 4.78 is 5.69. The molecule has 2 N–H and O–H groups in total. The van der Waals surface area contributed by atoms with Gasteiger partial charge in [0.25, 0.3) is 0 Å². The molecule has 136 valence electrons. The predicted molar refractivity (Wildman–Crippen MR) is 93.8 cm³/mol. The molecule has 0 aromatic rings. The minimum Gasteiger partial charge on any atom is -0.380 e. The summed E-state index contributed by atoms with van der Waals surface area (Å²) in [4.78, 5) is 15.7. The first-order valence-corrected chi connectivity index (χ1v) is 9.97. The van der Waals surface area contributed by atoms with E-state index in [1.165, 1.54) is 38.8 Å². The van der Waals surface area contributed by atoms with Crippen LogP contribution in [-0.4, -0.2) is 61.8 Å². The van der Waals surface area contributed by atoms with Gasteiger partial charge in [-0.05, 0) is 77.4 Å². The van der Waals surface area contributed by atoms with Crippen LogP contribution in [0.15, 0.2) is 0 Å². The zero-order valence-electron chi connectivity index (χ0n) is 15.1. The van der Waals surface area contributed by atoms with Crippen molar-refractivity contribution in [3.8, 4) is 0 Å². The Morgan fingerprint density at radius 2 is 1.96 bits per heavy atom. The number of rotatable bonds is 3. The lowest BCUT2D eigenvalue weighted by Gasteiger charge is -2.45. The first-order chi connectivity index (χ1) is 11.6. The maximum atomic E-state index is 13.0. The molecule has 5 nitrogen and oxygen atoms in total. The van der Waals surface area contributed by atoms with Crippen LogP contribution in [0.5, 0.6) is 0 Å². The van der Waals surface area contributed by atoms with E-state index >= 15 is 0 Å². The first-order valence-electron chi connectivity index (χ1n) is 9.97. The lowest BCUT2D eigenvalue weighted by atomic mass is 9.74. The predicted octanol–water partition coefficient (Wildman–Crippen LogP) is 1.53. The highest BCUT2D eigenvalue weighted by molar-refractivity contribution is 5.84. The van der Waals surface area contributed by atoms with Crippen LogP contribution in [0.25, 0.3) is 0 Å². The molecule has 2 atom stereocenters. The van der Waals surface area contributed by atoms with Crippen molar-refractivity contribution in [3.05, 3.63) is 0 Å². The van der Waals surface area contributed by atoms with Gasteiger partial charge in [0, 0.05) is 24.7 Å². The molecule has 24 heavy (non-hydrogen) atoms. The fraction of sp³-hybridized carbons (Fsp3) is 0.947. The second-order valence-corrected chi connectivity index (χ2v) is 8.76. The summed E-state index contributed by atoms with van der Waals surface area (Å²) in [6.45, 7) is 8.10. The SMILES string of the molecule is CC1(N2CCCC2)CCC(NC(=O)[C@]23CNC[C@H]2CCOC3)CC1. The molecule has 0 unspecified atom stereocenters. The van der Waals surface area contributed by atoms with Crippen LogP contribution >= 0.6 is 0 Å². The van der Waals surface area contributed by atoms with Crippen LogP contribution in [-0.2, 0) is 9.53 Å². The van der Waals surface area contributed by atoms with E-state index in [9.17, 15) is 4.79 Å². The van der Waals surface area contributed by atoms with Gasteiger partial charge in [-0.3, -0.25) is 9.69 Å². The van der Waals surface area contributed by atoms with Gasteiger partial charge < -0.3 is 15.4 Å². The molecule has 4 aliphatic rings. The Balaban J connectivity index is 1.34. The van der Waals surface area contributed by atoms with E-state index < -0.39 is 0 Å². The van der Waals surface area contributed by atoms with Crippen LogP contribution in [0.3, 0.4) is 0 Å². The average Bonchev–Trinajstić information content (AvgIpc) is 3.27. The number of hydrogen-bond donors (Lipinski definition) is 2. The third kappa shape index (κ3) is 2.89. The number of carbonyl (C=O) groups excluding carboxylic acids is 1. The Hall–Kier alpha value is -0.650. The van der Waals surface area contributed by atoms with Gasteiger partial charge in [-0.2, -0.15) is 0 Å². The Kier molecular flexibility index (Phi) is 4.61. The van der Waals surface area contributed by atoms with Crippen molar-refractivity contribution in [1.29, 1.82) is 0 Å². The monoisotopic (exact) mass is 335 g/mol. The van der Waals surface area contributed by atoms with E-state index in [0.717, 1.165) is 39.0 Å². The second kappa shape index (κ2) is 6.58. The van der Waals surface area contributed by atoms with Crippen molar-refractivity contribution in [2.45, 2.75) is 63.5 Å². The first kappa shape index (κ1) is 16.8. The van der Waals surface area contributed by atoms with E-state index in [1.807, 2.05) is 0 Å². The standard InChI is InChI=1S/C19H33N3O2/c1-18(22-9-2-3-10-22)7-4-16(5-8-18)21-17(23)19-13-20-12-15(19)6-11-24-14-19/h15-16,20H,2-14H2,1H3,(H,21,23)/t15-,16?,18?,19+/m1/s1. The molecule has 3 heterocycles. The summed E-state index contributed by atoms with van der Waals surface area (Å²) in [5.74, 6) is 0.691. The van der Waals surface area contributed by atoms with Gasteiger partial charge >= 0.3 is 0 Å². The van der Waals surface area contributed by atoms with Crippen LogP contribution in [0.2, 0.25) is 0 Å². The summed E-state index contributed by atoms with van der Waals surface area (Å²) in [5.41, 5.74) is 0.0510. The second-order valence-electron chi connectivity index (χ2n) is 8.76. The zero-order chi connectivity index (χ0) is 16.6. The van der Waals surface area contributed by atoms with Crippen molar-refractivity contribution in [3.63, 3.8) is 0 Å². The highest BCUT2D eigenvalue weighted by Crippen LogP contribution is 2.39. The quantitative estimate of drug-likeness (QED) is 0.821. The average molecular weight is 335 g/mol. The highest BCUT2D eigenvalue weighted by atomic mass is 16.5. The molecular formula is C19H33N3O2.